The Hall–Kier alpha value is -0.530. The van der Waals surface area contributed by atoms with Crippen LogP contribution < -0.4 is 0 Å². The van der Waals surface area contributed by atoms with Crippen LogP contribution in [0.25, 0.3) is 0 Å². The molecule has 1 aliphatic rings. The summed E-state index contributed by atoms with van der Waals surface area (Å²) in [5.41, 5.74) is 0. The van der Waals surface area contributed by atoms with Gasteiger partial charge in [-0.05, 0) is 26.2 Å². The quantitative estimate of drug-likeness (QED) is 0.585. The number of esters is 1. The lowest BCUT2D eigenvalue weighted by atomic mass is 9.86. The Labute approximate surface area is 67.9 Å². The Morgan fingerprint density at radius 2 is 2.27 bits per heavy atom. The molecule has 0 N–H and O–H groups in total. The highest BCUT2D eigenvalue weighted by atomic mass is 16.5. The van der Waals surface area contributed by atoms with Gasteiger partial charge in [0.05, 0.1) is 12.0 Å². The van der Waals surface area contributed by atoms with Crippen LogP contribution in [0.2, 0.25) is 0 Å². The lowest BCUT2D eigenvalue weighted by Gasteiger charge is -2.24. The topological polar surface area (TPSA) is 26.3 Å². The molecule has 0 aromatic heterocycles. The predicted octanol–water partition coefficient (Wildman–Crippen LogP) is 2.13. The van der Waals surface area contributed by atoms with Gasteiger partial charge in [-0.15, -0.1) is 0 Å². The Balaban J connectivity index is 2.19. The van der Waals surface area contributed by atoms with Crippen molar-refractivity contribution in [3.05, 3.63) is 0 Å². The second-order valence-corrected chi connectivity index (χ2v) is 3.28. The van der Waals surface area contributed by atoms with Crippen molar-refractivity contribution in [3.63, 3.8) is 0 Å². The van der Waals surface area contributed by atoms with Gasteiger partial charge in [-0.25, -0.2) is 0 Å². The first-order valence-electron chi connectivity index (χ1n) is 4.44. The van der Waals surface area contributed by atoms with Crippen molar-refractivity contribution < 1.29 is 9.53 Å². The van der Waals surface area contributed by atoms with Gasteiger partial charge in [0.25, 0.3) is 0 Å². The normalized spacial score (nSPS) is 20.5. The van der Waals surface area contributed by atoms with E-state index in [1.165, 1.54) is 6.42 Å². The summed E-state index contributed by atoms with van der Waals surface area (Å²) in [4.78, 5) is 11.2. The van der Waals surface area contributed by atoms with Crippen LogP contribution in [0.15, 0.2) is 0 Å². The molecule has 0 saturated heterocycles. The predicted molar refractivity (Wildman–Crippen MR) is 43.2 cm³/mol. The van der Waals surface area contributed by atoms with Crippen LogP contribution in [0.1, 0.15) is 39.5 Å². The van der Waals surface area contributed by atoms with Crippen LogP contribution >= 0.6 is 0 Å². The van der Waals surface area contributed by atoms with E-state index in [-0.39, 0.29) is 18.0 Å². The zero-order valence-electron chi connectivity index (χ0n) is 7.30. The fourth-order valence-corrected chi connectivity index (χ4v) is 1.02. The van der Waals surface area contributed by atoms with Crippen LogP contribution in [0.5, 0.6) is 0 Å². The summed E-state index contributed by atoms with van der Waals surface area (Å²) in [6.07, 6.45) is 4.28. The first kappa shape index (κ1) is 8.57. The van der Waals surface area contributed by atoms with E-state index in [9.17, 15) is 4.79 Å². The lowest BCUT2D eigenvalue weighted by molar-refractivity contribution is -0.156. The molecule has 1 saturated carbocycles. The van der Waals surface area contributed by atoms with Crippen LogP contribution in [-0.4, -0.2) is 12.1 Å². The van der Waals surface area contributed by atoms with Gasteiger partial charge in [-0.3, -0.25) is 4.79 Å². The molecule has 1 aliphatic carbocycles. The van der Waals surface area contributed by atoms with Crippen molar-refractivity contribution in [2.24, 2.45) is 5.92 Å². The maximum absolute atomic E-state index is 11.2. The summed E-state index contributed by atoms with van der Waals surface area (Å²) in [5.74, 6) is 0.245. The molecule has 11 heavy (non-hydrogen) atoms. The van der Waals surface area contributed by atoms with Crippen molar-refractivity contribution in [2.75, 3.05) is 0 Å². The molecule has 2 heteroatoms. The highest BCUT2D eigenvalue weighted by Crippen LogP contribution is 2.27. The number of ether oxygens (including phenoxy) is 1. The Bertz CT molecular complexity index is 138. The molecule has 64 valence electrons. The molecule has 1 atom stereocenters. The summed E-state index contributed by atoms with van der Waals surface area (Å²) in [7, 11) is 0. The largest absolute Gasteiger partial charge is 0.462 e. The highest BCUT2D eigenvalue weighted by molar-refractivity contribution is 5.73. The van der Waals surface area contributed by atoms with Crippen LogP contribution in [-0.2, 0) is 9.53 Å². The highest BCUT2D eigenvalue weighted by Gasteiger charge is 2.27. The van der Waals surface area contributed by atoms with E-state index in [0.717, 1.165) is 19.3 Å². The van der Waals surface area contributed by atoms with Gasteiger partial charge < -0.3 is 4.74 Å². The minimum Gasteiger partial charge on any atom is -0.462 e. The van der Waals surface area contributed by atoms with Crippen LogP contribution in [0.3, 0.4) is 0 Å². The summed E-state index contributed by atoms with van der Waals surface area (Å²) in [6, 6.07) is 0. The standard InChI is InChI=1S/C9H16O2/c1-3-7(2)11-9(10)8-5-4-6-8/h7-8H,3-6H2,1-2H3/t7-/m0/s1. The average molecular weight is 156 g/mol. The van der Waals surface area contributed by atoms with E-state index >= 15 is 0 Å². The molecular weight excluding hydrogens is 140 g/mol. The molecule has 0 radical (unpaired) electrons. The number of carbonyl (C=O) groups excluding carboxylic acids is 1. The molecule has 0 unspecified atom stereocenters. The van der Waals surface area contributed by atoms with Gasteiger partial charge in [0.2, 0.25) is 0 Å². The first-order chi connectivity index (χ1) is 5.24. The van der Waals surface area contributed by atoms with Gasteiger partial charge in [-0.2, -0.15) is 0 Å². The van der Waals surface area contributed by atoms with E-state index in [4.69, 9.17) is 4.74 Å². The molecule has 1 rings (SSSR count). The van der Waals surface area contributed by atoms with E-state index in [1.807, 2.05) is 13.8 Å². The molecule has 0 spiro atoms. The number of hydrogen-bond donors (Lipinski definition) is 0. The molecule has 0 bridgehead atoms. The molecule has 1 fully saturated rings. The number of carbonyl (C=O) groups is 1. The van der Waals surface area contributed by atoms with Crippen molar-refractivity contribution in [1.82, 2.24) is 0 Å². The zero-order valence-corrected chi connectivity index (χ0v) is 7.30. The second kappa shape index (κ2) is 3.74. The Morgan fingerprint density at radius 1 is 1.64 bits per heavy atom. The van der Waals surface area contributed by atoms with Gasteiger partial charge in [0, 0.05) is 0 Å². The Morgan fingerprint density at radius 3 is 2.64 bits per heavy atom. The van der Waals surface area contributed by atoms with Crippen molar-refractivity contribution in [3.8, 4) is 0 Å². The first-order valence-corrected chi connectivity index (χ1v) is 4.44. The third kappa shape index (κ3) is 2.21. The fraction of sp³-hybridized carbons (Fsp3) is 0.889. The monoisotopic (exact) mass is 156 g/mol. The average Bonchev–Trinajstić information content (AvgIpc) is 1.83. The zero-order chi connectivity index (χ0) is 8.27. The third-order valence-electron chi connectivity index (χ3n) is 2.33. The molecular formula is C9H16O2. The van der Waals surface area contributed by atoms with Crippen LogP contribution in [0, 0.1) is 5.92 Å². The summed E-state index contributed by atoms with van der Waals surface area (Å²) in [6.45, 7) is 3.97. The van der Waals surface area contributed by atoms with Gasteiger partial charge in [0.1, 0.15) is 0 Å². The molecule has 2 nitrogen and oxygen atoms in total. The van der Waals surface area contributed by atoms with E-state index in [2.05, 4.69) is 0 Å². The van der Waals surface area contributed by atoms with Gasteiger partial charge in [0.15, 0.2) is 0 Å². The number of rotatable bonds is 3. The van der Waals surface area contributed by atoms with E-state index < -0.39 is 0 Å². The summed E-state index contributed by atoms with van der Waals surface area (Å²) < 4.78 is 5.16. The van der Waals surface area contributed by atoms with Crippen molar-refractivity contribution in [1.29, 1.82) is 0 Å². The molecule has 0 aliphatic heterocycles. The second-order valence-electron chi connectivity index (χ2n) is 3.28. The van der Waals surface area contributed by atoms with E-state index in [1.54, 1.807) is 0 Å². The Kier molecular flexibility index (Phi) is 2.92. The molecule has 0 aromatic rings. The lowest BCUT2D eigenvalue weighted by Crippen LogP contribution is -2.27. The summed E-state index contributed by atoms with van der Waals surface area (Å²) >= 11 is 0. The number of hydrogen-bond acceptors (Lipinski definition) is 2. The molecule has 0 amide bonds. The van der Waals surface area contributed by atoms with Crippen molar-refractivity contribution >= 4 is 5.97 Å². The third-order valence-corrected chi connectivity index (χ3v) is 2.33. The fourth-order valence-electron chi connectivity index (χ4n) is 1.02. The van der Waals surface area contributed by atoms with Gasteiger partial charge >= 0.3 is 5.97 Å². The van der Waals surface area contributed by atoms with Gasteiger partial charge in [-0.1, -0.05) is 13.3 Å². The maximum Gasteiger partial charge on any atom is 0.309 e. The van der Waals surface area contributed by atoms with E-state index in [0.29, 0.717) is 0 Å². The maximum atomic E-state index is 11.2. The van der Waals surface area contributed by atoms with Crippen LogP contribution in [0.4, 0.5) is 0 Å². The molecule has 0 aromatic carbocycles. The minimum atomic E-state index is 0.0191. The van der Waals surface area contributed by atoms with Crippen molar-refractivity contribution in [2.45, 2.75) is 45.6 Å². The minimum absolute atomic E-state index is 0.0191. The molecule has 0 heterocycles. The SMILES string of the molecule is CC[C@H](C)OC(=O)C1CCC1. The smallest absolute Gasteiger partial charge is 0.309 e. The summed E-state index contributed by atoms with van der Waals surface area (Å²) in [5, 5.41) is 0.